The van der Waals surface area contributed by atoms with Crippen LogP contribution < -0.4 is 28.0 Å². The molecule has 0 saturated heterocycles. The van der Waals surface area contributed by atoms with Crippen LogP contribution in [0.2, 0.25) is 0 Å². The predicted molar refractivity (Wildman–Crippen MR) is 21.2 cm³/mol. The zero-order valence-electron chi connectivity index (χ0n) is 6.50. The summed E-state index contributed by atoms with van der Waals surface area (Å²) in [6, 6.07) is 0. The van der Waals surface area contributed by atoms with E-state index in [2.05, 4.69) is 0 Å². The first kappa shape index (κ1) is 42.9. The van der Waals surface area contributed by atoms with Crippen LogP contribution in [0.1, 0.15) is 0 Å². The van der Waals surface area contributed by atoms with Gasteiger partial charge >= 0.3 is 0 Å². The van der Waals surface area contributed by atoms with E-state index in [1.54, 1.807) is 0 Å². The maximum atomic E-state index is 8.52. The van der Waals surface area contributed by atoms with Gasteiger partial charge in [-0.2, -0.15) is 0 Å². The third-order valence-electron chi connectivity index (χ3n) is 0. The number of halogens is 5. The molecule has 9 nitrogen and oxygen atoms in total. The Hall–Kier alpha value is 2.14. The van der Waals surface area contributed by atoms with Crippen LogP contribution in [0.4, 0.5) is 0 Å². The van der Waals surface area contributed by atoms with E-state index in [0.29, 0.717) is 0 Å². The van der Waals surface area contributed by atoms with Crippen molar-refractivity contribution in [3.05, 3.63) is 0 Å². The summed E-state index contributed by atoms with van der Waals surface area (Å²) in [5.41, 5.74) is 0. The van der Waals surface area contributed by atoms with Gasteiger partial charge in [-0.25, -0.2) is 0 Å². The first-order chi connectivity index (χ1) is 5.20. The molecule has 0 rings (SSSR count). The van der Waals surface area contributed by atoms with Gasteiger partial charge in [0.25, 0.3) is 32.4 Å². The Morgan fingerprint density at radius 1 is 0.562 bits per heavy atom. The summed E-state index contributed by atoms with van der Waals surface area (Å²) in [5.74, 6) is 0. The van der Waals surface area contributed by atoms with Gasteiger partial charge in [0.2, 0.25) is 0 Å². The van der Waals surface area contributed by atoms with Gasteiger partial charge in [-0.3, -0.25) is 0 Å². The Morgan fingerprint density at radius 3 is 0.562 bits per heavy atom. The smallest absolute Gasteiger partial charge is 0.282 e. The summed E-state index contributed by atoms with van der Waals surface area (Å²) in [6.45, 7) is 0. The SMILES string of the molecule is Cl.Cl.[Cr].[Fe].[O-][Cl+2]([O-])O.[O-][Cl+2]([O-])O.[O-][Cl+2]([O-])O. The van der Waals surface area contributed by atoms with Crippen LogP contribution in [0.25, 0.3) is 0 Å². The second kappa shape index (κ2) is 36.0. The van der Waals surface area contributed by atoms with Crippen molar-refractivity contribution in [2.24, 2.45) is 0 Å². The average molecular weight is 434 g/mol. The molecule has 108 valence electrons. The molecule has 0 unspecified atom stereocenters. The van der Waals surface area contributed by atoms with E-state index in [1.807, 2.05) is 0 Å². The van der Waals surface area contributed by atoms with Crippen LogP contribution in [-0.2, 0) is 34.4 Å². The standard InChI is InChI=1S/3ClHO3.2ClH.Cr.Fe/c3*2-1(3)4;;;;/h3*2H;2*1H;;. The molecule has 16 heteroatoms. The molecule has 0 atom stereocenters. The first-order valence-electron chi connectivity index (χ1n) is 1.43. The number of hydrogen-bond donors (Lipinski definition) is 3. The first-order valence-corrected chi connectivity index (χ1v) is 4.30. The van der Waals surface area contributed by atoms with Crippen molar-refractivity contribution in [2.45, 2.75) is 0 Å². The fraction of sp³-hybridized carbons (Fsp3) is 0. The van der Waals surface area contributed by atoms with E-state index in [0.717, 1.165) is 0 Å². The fourth-order valence-electron chi connectivity index (χ4n) is 0. The van der Waals surface area contributed by atoms with Crippen molar-refractivity contribution in [3.8, 4) is 0 Å². The molecule has 0 aliphatic rings. The maximum absolute atomic E-state index is 8.52. The van der Waals surface area contributed by atoms with E-state index >= 15 is 0 Å². The Kier molecular flexibility index (Phi) is 96.6. The molecule has 0 aromatic rings. The molecule has 0 saturated carbocycles. The summed E-state index contributed by atoms with van der Waals surface area (Å²) in [6.07, 6.45) is 0. The molecule has 0 heterocycles. The van der Waals surface area contributed by atoms with Crippen molar-refractivity contribution >= 4 is 24.8 Å². The largest absolute Gasteiger partial charge is 0.321 e. The summed E-state index contributed by atoms with van der Waals surface area (Å²) in [5, 5.41) is 0. The zero-order valence-corrected chi connectivity index (χ0v) is 12.8. The third kappa shape index (κ3) is 807. The van der Waals surface area contributed by atoms with E-state index in [4.69, 9.17) is 41.9 Å². The van der Waals surface area contributed by atoms with E-state index in [-0.39, 0.29) is 59.2 Å². The molecular formula is H5Cl5CrFeO9. The van der Waals surface area contributed by atoms with Gasteiger partial charge in [0.15, 0.2) is 0 Å². The van der Waals surface area contributed by atoms with Gasteiger partial charge < -0.3 is 28.0 Å². The van der Waals surface area contributed by atoms with Crippen LogP contribution in [0.5, 0.6) is 0 Å². The van der Waals surface area contributed by atoms with Crippen LogP contribution in [-0.4, -0.2) is 14.0 Å². The van der Waals surface area contributed by atoms with Crippen molar-refractivity contribution in [3.63, 3.8) is 0 Å². The Balaban J connectivity index is -0.0000000135. The van der Waals surface area contributed by atoms with Crippen molar-refractivity contribution < 1.29 is 109 Å². The second-order valence-electron chi connectivity index (χ2n) is 0.603. The van der Waals surface area contributed by atoms with Gasteiger partial charge in [-0.15, -0.1) is 24.8 Å². The Bertz CT molecular complexity index is 52.4. The van der Waals surface area contributed by atoms with Gasteiger partial charge in [-0.05, 0) is 0 Å². The summed E-state index contributed by atoms with van der Waals surface area (Å²) >= 11 is 0. The van der Waals surface area contributed by atoms with E-state index in [1.165, 1.54) is 0 Å². The van der Waals surface area contributed by atoms with Gasteiger partial charge in [0, 0.05) is 48.4 Å². The minimum atomic E-state index is -2.60. The Morgan fingerprint density at radius 2 is 0.562 bits per heavy atom. The molecule has 0 bridgehead atoms. The van der Waals surface area contributed by atoms with Crippen LogP contribution in [0, 0.1) is 32.4 Å². The van der Waals surface area contributed by atoms with Gasteiger partial charge in [0.05, 0.1) is 0 Å². The molecular weight excluding hydrogens is 429 g/mol. The fourth-order valence-corrected chi connectivity index (χ4v) is 0. The molecule has 0 aromatic heterocycles. The summed E-state index contributed by atoms with van der Waals surface area (Å²) in [7, 11) is -7.81. The monoisotopic (exact) mass is 432 g/mol. The average Bonchev–Trinajstić information content (AvgIpc) is 1.54. The molecule has 0 aliphatic heterocycles. The van der Waals surface area contributed by atoms with Crippen molar-refractivity contribution in [1.29, 1.82) is 0 Å². The van der Waals surface area contributed by atoms with Crippen LogP contribution >= 0.6 is 24.8 Å². The maximum Gasteiger partial charge on any atom is 0.282 e. The topological polar surface area (TPSA) is 199 Å². The van der Waals surface area contributed by atoms with Crippen LogP contribution in [0.3, 0.4) is 0 Å². The summed E-state index contributed by atoms with van der Waals surface area (Å²) in [4.78, 5) is 0. The van der Waals surface area contributed by atoms with Crippen molar-refractivity contribution in [2.75, 3.05) is 0 Å². The molecule has 0 amide bonds. The molecule has 0 aliphatic carbocycles. The minimum absolute atomic E-state index is 0. The van der Waals surface area contributed by atoms with Crippen LogP contribution in [0.15, 0.2) is 0 Å². The summed E-state index contributed by atoms with van der Waals surface area (Å²) < 4.78 is 71.9. The quantitative estimate of drug-likeness (QED) is 0.310. The second-order valence-corrected chi connectivity index (χ2v) is 1.81. The third-order valence-corrected chi connectivity index (χ3v) is 0. The molecule has 0 spiro atoms. The minimum Gasteiger partial charge on any atom is -0.321 e. The molecule has 16 heavy (non-hydrogen) atoms. The number of rotatable bonds is 0. The number of hydrogen-bond acceptors (Lipinski definition) is 9. The zero-order chi connectivity index (χ0) is 10.7. The van der Waals surface area contributed by atoms with E-state index < -0.39 is 32.4 Å². The Labute approximate surface area is 133 Å². The van der Waals surface area contributed by atoms with Gasteiger partial charge in [-0.1, -0.05) is 0 Å². The normalized spacial score (nSPS) is 6.75. The van der Waals surface area contributed by atoms with Gasteiger partial charge in [0.1, 0.15) is 0 Å². The predicted octanol–water partition coefficient (Wildman–Crippen LogP) is -7.97. The molecule has 0 aromatic carbocycles. The molecule has 3 N–H and O–H groups in total. The molecule has 0 radical (unpaired) electrons. The van der Waals surface area contributed by atoms with Crippen molar-refractivity contribution in [1.82, 2.24) is 0 Å². The molecule has 0 fully saturated rings. The van der Waals surface area contributed by atoms with E-state index in [9.17, 15) is 0 Å².